The van der Waals surface area contributed by atoms with Gasteiger partial charge in [-0.05, 0) is 35.3 Å². The number of hydrogen-bond donors (Lipinski definition) is 0. The molecule has 0 amide bonds. The Hall–Kier alpha value is -3.39. The van der Waals surface area contributed by atoms with E-state index in [0.29, 0.717) is 44.0 Å². The van der Waals surface area contributed by atoms with E-state index in [4.69, 9.17) is 14.2 Å². The lowest BCUT2D eigenvalue weighted by atomic mass is 10.0. The van der Waals surface area contributed by atoms with Gasteiger partial charge in [-0.3, -0.25) is 4.79 Å². The first kappa shape index (κ1) is 20.9. The first-order valence-electron chi connectivity index (χ1n) is 9.76. The predicted octanol–water partition coefficient (Wildman–Crippen LogP) is 3.51. The molecule has 2 aromatic heterocycles. The highest BCUT2D eigenvalue weighted by molar-refractivity contribution is 7.15. The maximum Gasteiger partial charge on any atom is 0.291 e. The maximum absolute atomic E-state index is 12.9. The SMILES string of the molecule is COc1cc(-c2nc3s/c(=C\c4ccc(C(C)C)cc4)c(=O)n3n2)cc(OC)c1OC. The van der Waals surface area contributed by atoms with Crippen molar-refractivity contribution in [2.24, 2.45) is 0 Å². The van der Waals surface area contributed by atoms with Crippen molar-refractivity contribution >= 4 is 22.4 Å². The maximum atomic E-state index is 12.9. The fourth-order valence-electron chi connectivity index (χ4n) is 3.29. The molecule has 2 heterocycles. The second-order valence-electron chi connectivity index (χ2n) is 7.28. The summed E-state index contributed by atoms with van der Waals surface area (Å²) in [6, 6.07) is 11.7. The molecule has 4 aromatic rings. The Balaban J connectivity index is 1.75. The first-order chi connectivity index (χ1) is 14.9. The number of ether oxygens (including phenoxy) is 3. The molecule has 31 heavy (non-hydrogen) atoms. The van der Waals surface area contributed by atoms with Crippen molar-refractivity contribution in [3.05, 3.63) is 62.4 Å². The Bertz CT molecular complexity index is 1310. The summed E-state index contributed by atoms with van der Waals surface area (Å²) in [6.45, 7) is 4.31. The van der Waals surface area contributed by atoms with E-state index in [1.54, 1.807) is 33.5 Å². The molecule has 0 atom stereocenters. The highest BCUT2D eigenvalue weighted by atomic mass is 32.1. The third-order valence-electron chi connectivity index (χ3n) is 5.01. The van der Waals surface area contributed by atoms with Gasteiger partial charge in [-0.2, -0.15) is 9.50 Å². The van der Waals surface area contributed by atoms with E-state index >= 15 is 0 Å². The molecule has 2 aromatic carbocycles. The van der Waals surface area contributed by atoms with Gasteiger partial charge in [0.05, 0.1) is 25.9 Å². The van der Waals surface area contributed by atoms with Crippen LogP contribution in [0.5, 0.6) is 17.2 Å². The summed E-state index contributed by atoms with van der Waals surface area (Å²) in [4.78, 5) is 17.9. The smallest absolute Gasteiger partial charge is 0.291 e. The highest BCUT2D eigenvalue weighted by Gasteiger charge is 2.18. The van der Waals surface area contributed by atoms with Gasteiger partial charge >= 0.3 is 0 Å². The average Bonchev–Trinajstić information content (AvgIpc) is 3.32. The number of methoxy groups -OCH3 is 3. The lowest BCUT2D eigenvalue weighted by molar-refractivity contribution is 0.324. The first-order valence-corrected chi connectivity index (χ1v) is 10.6. The van der Waals surface area contributed by atoms with Crippen LogP contribution in [0.4, 0.5) is 0 Å². The van der Waals surface area contributed by atoms with E-state index in [2.05, 4.69) is 36.1 Å². The molecule has 0 N–H and O–H groups in total. The number of benzene rings is 2. The van der Waals surface area contributed by atoms with Crippen LogP contribution < -0.4 is 24.3 Å². The topological polar surface area (TPSA) is 75.0 Å². The summed E-state index contributed by atoms with van der Waals surface area (Å²) < 4.78 is 18.1. The van der Waals surface area contributed by atoms with Crippen molar-refractivity contribution in [1.29, 1.82) is 0 Å². The molecule has 0 unspecified atom stereocenters. The molecule has 0 aliphatic heterocycles. The van der Waals surface area contributed by atoms with Crippen LogP contribution in [0.3, 0.4) is 0 Å². The van der Waals surface area contributed by atoms with Crippen LogP contribution in [0.1, 0.15) is 30.9 Å². The molecule has 8 heteroatoms. The van der Waals surface area contributed by atoms with Crippen molar-refractivity contribution in [2.45, 2.75) is 19.8 Å². The summed E-state index contributed by atoms with van der Waals surface area (Å²) in [5.41, 5.74) is 2.70. The number of aromatic nitrogens is 3. The van der Waals surface area contributed by atoms with Crippen LogP contribution >= 0.6 is 11.3 Å². The summed E-state index contributed by atoms with van der Waals surface area (Å²) in [7, 11) is 4.64. The Morgan fingerprint density at radius 3 is 2.16 bits per heavy atom. The van der Waals surface area contributed by atoms with Crippen molar-refractivity contribution in [3.63, 3.8) is 0 Å². The normalized spacial score (nSPS) is 12.0. The van der Waals surface area contributed by atoms with Crippen LogP contribution in [-0.4, -0.2) is 35.9 Å². The van der Waals surface area contributed by atoms with Gasteiger partial charge in [-0.1, -0.05) is 49.4 Å². The van der Waals surface area contributed by atoms with Gasteiger partial charge in [0.1, 0.15) is 0 Å². The molecule has 7 nitrogen and oxygen atoms in total. The zero-order valence-electron chi connectivity index (χ0n) is 18.0. The zero-order chi connectivity index (χ0) is 22.1. The summed E-state index contributed by atoms with van der Waals surface area (Å²) in [5.74, 6) is 2.36. The molecule has 0 fully saturated rings. The van der Waals surface area contributed by atoms with E-state index in [0.717, 1.165) is 5.56 Å². The van der Waals surface area contributed by atoms with Gasteiger partial charge in [-0.25, -0.2) is 0 Å². The highest BCUT2D eigenvalue weighted by Crippen LogP contribution is 2.40. The Morgan fingerprint density at radius 2 is 1.65 bits per heavy atom. The van der Waals surface area contributed by atoms with Gasteiger partial charge in [0.25, 0.3) is 5.56 Å². The fourth-order valence-corrected chi connectivity index (χ4v) is 4.20. The molecule has 0 spiro atoms. The minimum absolute atomic E-state index is 0.195. The summed E-state index contributed by atoms with van der Waals surface area (Å²) in [5, 5.41) is 4.42. The van der Waals surface area contributed by atoms with Gasteiger partial charge in [0.2, 0.25) is 10.7 Å². The molecule has 160 valence electrons. The van der Waals surface area contributed by atoms with Crippen LogP contribution in [0.25, 0.3) is 22.4 Å². The van der Waals surface area contributed by atoms with Gasteiger partial charge < -0.3 is 14.2 Å². The van der Waals surface area contributed by atoms with Crippen molar-refractivity contribution in [3.8, 4) is 28.6 Å². The standard InChI is InChI=1S/C23H23N3O4S/c1-13(2)15-8-6-14(7-9-15)10-19-22(27)26-23(31-19)24-21(25-26)16-11-17(28-3)20(30-5)18(12-16)29-4/h6-13H,1-5H3/b19-10-. The number of nitrogens with zero attached hydrogens (tertiary/aromatic N) is 3. The number of fused-ring (bicyclic) bond motifs is 1. The van der Waals surface area contributed by atoms with E-state index in [1.165, 1.54) is 21.4 Å². The minimum atomic E-state index is -0.195. The Morgan fingerprint density at radius 1 is 1.00 bits per heavy atom. The molecule has 0 aliphatic rings. The van der Waals surface area contributed by atoms with Crippen molar-refractivity contribution < 1.29 is 14.2 Å². The lowest BCUT2D eigenvalue weighted by Gasteiger charge is -2.12. The second-order valence-corrected chi connectivity index (χ2v) is 8.29. The Kier molecular flexibility index (Phi) is 5.65. The van der Waals surface area contributed by atoms with Gasteiger partial charge in [0, 0.05) is 5.56 Å². The summed E-state index contributed by atoms with van der Waals surface area (Å²) >= 11 is 1.31. The van der Waals surface area contributed by atoms with Crippen molar-refractivity contribution in [1.82, 2.24) is 14.6 Å². The largest absolute Gasteiger partial charge is 0.493 e. The fraction of sp³-hybridized carbons (Fsp3) is 0.261. The third kappa shape index (κ3) is 3.86. The van der Waals surface area contributed by atoms with Gasteiger partial charge in [-0.15, -0.1) is 5.10 Å². The third-order valence-corrected chi connectivity index (χ3v) is 5.96. The lowest BCUT2D eigenvalue weighted by Crippen LogP contribution is -2.23. The quantitative estimate of drug-likeness (QED) is 0.460. The minimum Gasteiger partial charge on any atom is -0.493 e. The van der Waals surface area contributed by atoms with Crippen LogP contribution in [-0.2, 0) is 0 Å². The molecule has 0 bridgehead atoms. The number of thiazole rings is 1. The predicted molar refractivity (Wildman–Crippen MR) is 122 cm³/mol. The van der Waals surface area contributed by atoms with E-state index in [-0.39, 0.29) is 5.56 Å². The zero-order valence-corrected chi connectivity index (χ0v) is 18.8. The molecule has 4 rings (SSSR count). The van der Waals surface area contributed by atoms with E-state index in [1.807, 2.05) is 18.2 Å². The van der Waals surface area contributed by atoms with Crippen LogP contribution in [0.2, 0.25) is 0 Å². The van der Waals surface area contributed by atoms with E-state index < -0.39 is 0 Å². The van der Waals surface area contributed by atoms with E-state index in [9.17, 15) is 4.79 Å². The average molecular weight is 438 g/mol. The van der Waals surface area contributed by atoms with Crippen LogP contribution in [0.15, 0.2) is 41.2 Å². The second kappa shape index (κ2) is 8.39. The Labute approximate surface area is 183 Å². The number of hydrogen-bond acceptors (Lipinski definition) is 7. The molecule has 0 radical (unpaired) electrons. The number of rotatable bonds is 6. The molecular formula is C23H23N3O4S. The summed E-state index contributed by atoms with van der Waals surface area (Å²) in [6.07, 6.45) is 1.87. The monoisotopic (exact) mass is 437 g/mol. The molecule has 0 aliphatic carbocycles. The molecule has 0 saturated heterocycles. The molecule has 0 saturated carbocycles. The van der Waals surface area contributed by atoms with Gasteiger partial charge in [0.15, 0.2) is 17.3 Å². The molecular weight excluding hydrogens is 414 g/mol. The van der Waals surface area contributed by atoms with Crippen LogP contribution in [0, 0.1) is 0 Å². The van der Waals surface area contributed by atoms with Crippen molar-refractivity contribution in [2.75, 3.05) is 21.3 Å².